The second-order valence-electron chi connectivity index (χ2n) is 8.13. The molecule has 1 atom stereocenters. The third kappa shape index (κ3) is 4.02. The first-order valence-corrected chi connectivity index (χ1v) is 11.0. The highest BCUT2D eigenvalue weighted by atomic mass is 28.1. The molecular formula is C20H28FN5O2Si. The van der Waals surface area contributed by atoms with Crippen LogP contribution in [0, 0.1) is 18.7 Å². The third-order valence-corrected chi connectivity index (χ3v) is 7.45. The highest BCUT2D eigenvalue weighted by molar-refractivity contribution is 6.15. The number of methoxy groups -OCH3 is 1. The number of hydrogen-bond acceptors (Lipinski definition) is 7. The number of nitrogens with two attached hydrogens (primary N) is 1. The van der Waals surface area contributed by atoms with Gasteiger partial charge in [-0.05, 0) is 44.8 Å². The van der Waals surface area contributed by atoms with Crippen molar-refractivity contribution < 1.29 is 13.9 Å². The maximum atomic E-state index is 14.7. The van der Waals surface area contributed by atoms with E-state index in [1.54, 1.807) is 13.0 Å². The molecule has 3 saturated heterocycles. The van der Waals surface area contributed by atoms with Crippen molar-refractivity contribution in [3.8, 4) is 11.8 Å². The molecule has 3 aliphatic rings. The van der Waals surface area contributed by atoms with Crippen LogP contribution in [0.2, 0.25) is 0 Å². The Kier molecular flexibility index (Phi) is 5.35. The number of nitrogens with one attached hydrogen (secondary N) is 1. The van der Waals surface area contributed by atoms with E-state index in [9.17, 15) is 4.39 Å². The average molecular weight is 418 g/mol. The minimum absolute atomic E-state index is 0.119. The second-order valence-corrected chi connectivity index (χ2v) is 9.82. The van der Waals surface area contributed by atoms with E-state index in [4.69, 9.17) is 15.2 Å². The lowest BCUT2D eigenvalue weighted by Gasteiger charge is -2.51. The van der Waals surface area contributed by atoms with Crippen LogP contribution in [0.1, 0.15) is 24.1 Å². The first-order valence-electron chi connectivity index (χ1n) is 10.00. The lowest BCUT2D eigenvalue weighted by molar-refractivity contribution is -0.0378. The zero-order chi connectivity index (χ0) is 20.6. The van der Waals surface area contributed by atoms with Gasteiger partial charge in [0, 0.05) is 24.7 Å². The van der Waals surface area contributed by atoms with Gasteiger partial charge in [-0.1, -0.05) is 6.07 Å². The monoisotopic (exact) mass is 417 g/mol. The minimum atomic E-state index is -0.308. The Labute approximate surface area is 173 Å². The summed E-state index contributed by atoms with van der Waals surface area (Å²) < 4.78 is 26.2. The number of fused-ring (bicyclic) bond motifs is 3. The van der Waals surface area contributed by atoms with Crippen molar-refractivity contribution in [2.45, 2.75) is 31.5 Å². The van der Waals surface area contributed by atoms with Crippen molar-refractivity contribution >= 4 is 21.7 Å². The van der Waals surface area contributed by atoms with Gasteiger partial charge in [0.05, 0.1) is 28.7 Å². The summed E-state index contributed by atoms with van der Waals surface area (Å²) in [5.41, 5.74) is 7.57. The van der Waals surface area contributed by atoms with Gasteiger partial charge in [0.2, 0.25) is 0 Å². The fraction of sp³-hybridized carbons (Fsp3) is 0.500. The predicted octanol–water partition coefficient (Wildman–Crippen LogP) is 1.29. The van der Waals surface area contributed by atoms with E-state index in [1.807, 2.05) is 6.07 Å². The number of benzene rings is 1. The molecule has 3 aliphatic heterocycles. The summed E-state index contributed by atoms with van der Waals surface area (Å²) in [7, 11) is 2.42. The molecule has 7 nitrogen and oxygen atoms in total. The molecule has 2 bridgehead atoms. The average Bonchev–Trinajstić information content (AvgIpc) is 2.70. The van der Waals surface area contributed by atoms with Gasteiger partial charge in [-0.25, -0.2) is 4.39 Å². The molecule has 2 aromatic rings. The lowest BCUT2D eigenvalue weighted by atomic mass is 9.85. The third-order valence-electron chi connectivity index (χ3n) is 6.11. The first-order chi connectivity index (χ1) is 13.9. The Morgan fingerprint density at radius 3 is 2.72 bits per heavy atom. The van der Waals surface area contributed by atoms with Crippen molar-refractivity contribution in [2.24, 2.45) is 5.92 Å². The quantitative estimate of drug-likeness (QED) is 0.685. The van der Waals surface area contributed by atoms with Crippen LogP contribution < -0.4 is 20.5 Å². The van der Waals surface area contributed by atoms with Gasteiger partial charge in [-0.3, -0.25) is 4.90 Å². The highest BCUT2D eigenvalue weighted by Gasteiger charge is 2.44. The maximum absolute atomic E-state index is 14.7. The molecule has 3 fully saturated rings. The Morgan fingerprint density at radius 1 is 1.34 bits per heavy atom. The molecule has 0 aliphatic carbocycles. The van der Waals surface area contributed by atoms with E-state index in [-0.39, 0.29) is 23.6 Å². The number of hydrogen-bond donors (Lipinski definition) is 2. The Bertz CT molecular complexity index is 907. The molecule has 3 N–H and O–H groups in total. The zero-order valence-corrected chi connectivity index (χ0v) is 19.2. The van der Waals surface area contributed by atoms with Crippen LogP contribution in [0.3, 0.4) is 0 Å². The molecule has 29 heavy (non-hydrogen) atoms. The molecule has 0 saturated carbocycles. The molecule has 0 unspecified atom stereocenters. The number of ether oxygens (including phenoxy) is 2. The number of nitrogens with zero attached hydrogens (tertiary/aromatic N) is 3. The van der Waals surface area contributed by atoms with E-state index in [2.05, 4.69) is 20.2 Å². The van der Waals surface area contributed by atoms with E-state index < -0.39 is 0 Å². The van der Waals surface area contributed by atoms with Gasteiger partial charge >= 0.3 is 6.01 Å². The van der Waals surface area contributed by atoms with Crippen molar-refractivity contribution in [2.75, 3.05) is 37.8 Å². The summed E-state index contributed by atoms with van der Waals surface area (Å²) in [6.07, 6.45) is 2.36. The lowest BCUT2D eigenvalue weighted by Crippen LogP contribution is -2.62. The van der Waals surface area contributed by atoms with E-state index in [0.29, 0.717) is 34.4 Å². The number of aromatic nitrogens is 2. The molecule has 1 aromatic heterocycles. The SMILES string of the molecule is COc1nc(C)c(N)c(NCc2ccc(O[C@@]3([SiH3])CN4CCC3CC4)cc2F)n1. The van der Waals surface area contributed by atoms with Crippen LogP contribution >= 0.6 is 0 Å². The van der Waals surface area contributed by atoms with Crippen molar-refractivity contribution in [3.63, 3.8) is 0 Å². The summed E-state index contributed by atoms with van der Waals surface area (Å²) in [6, 6.07) is 5.32. The normalized spacial score (nSPS) is 25.8. The maximum Gasteiger partial charge on any atom is 0.318 e. The summed E-state index contributed by atoms with van der Waals surface area (Å²) in [4.78, 5) is 10.8. The number of aryl methyl sites for hydroxylation is 1. The van der Waals surface area contributed by atoms with Gasteiger partial charge in [-0.2, -0.15) is 9.97 Å². The molecule has 9 heteroatoms. The van der Waals surface area contributed by atoms with Crippen LogP contribution in [0.15, 0.2) is 18.2 Å². The van der Waals surface area contributed by atoms with E-state index in [0.717, 1.165) is 29.9 Å². The largest absolute Gasteiger partial charge is 0.490 e. The summed E-state index contributed by atoms with van der Waals surface area (Å²) in [5, 5.41) is 2.96. The van der Waals surface area contributed by atoms with E-state index in [1.165, 1.54) is 26.0 Å². The topological polar surface area (TPSA) is 85.5 Å². The van der Waals surface area contributed by atoms with Crippen molar-refractivity contribution in [1.82, 2.24) is 14.9 Å². The van der Waals surface area contributed by atoms with Gasteiger partial charge in [0.15, 0.2) is 5.82 Å². The molecule has 0 radical (unpaired) electrons. The smallest absolute Gasteiger partial charge is 0.318 e. The fourth-order valence-corrected chi connectivity index (χ4v) is 5.62. The number of piperidine rings is 3. The molecule has 4 heterocycles. The summed E-state index contributed by atoms with van der Waals surface area (Å²) in [6.45, 7) is 5.30. The van der Waals surface area contributed by atoms with Crippen LogP contribution in [-0.4, -0.2) is 57.1 Å². The van der Waals surface area contributed by atoms with Gasteiger partial charge in [0.1, 0.15) is 16.8 Å². The molecule has 5 rings (SSSR count). The van der Waals surface area contributed by atoms with Crippen molar-refractivity contribution in [1.29, 1.82) is 0 Å². The number of anilines is 2. The fourth-order valence-electron chi connectivity index (χ4n) is 4.36. The number of nitrogen functional groups attached to an aromatic ring is 1. The molecule has 1 aromatic carbocycles. The van der Waals surface area contributed by atoms with Gasteiger partial charge in [0.25, 0.3) is 0 Å². The summed E-state index contributed by atoms with van der Waals surface area (Å²) in [5.74, 6) is 1.31. The second kappa shape index (κ2) is 7.79. The van der Waals surface area contributed by atoms with Crippen LogP contribution in [0.5, 0.6) is 11.8 Å². The minimum Gasteiger partial charge on any atom is -0.490 e. The Hall–Kier alpha value is -2.39. The highest BCUT2D eigenvalue weighted by Crippen LogP contribution is 2.37. The standard InChI is InChI=1S/C20H28FN5O2Si/c1-12-17(22)18(25-19(24-12)27-2)23-10-13-3-4-15(9-16(13)21)28-20(29)11-26-7-5-14(20)6-8-26/h3-4,9,14H,5-8,10-11,22H2,1-2,29H3,(H,23,24,25)/t20-/m1/s1. The summed E-state index contributed by atoms with van der Waals surface area (Å²) >= 11 is 0. The number of rotatable bonds is 6. The van der Waals surface area contributed by atoms with Gasteiger partial charge < -0.3 is 20.5 Å². The van der Waals surface area contributed by atoms with Crippen LogP contribution in [0.25, 0.3) is 0 Å². The molecule has 156 valence electrons. The predicted molar refractivity (Wildman–Crippen MR) is 114 cm³/mol. The first kappa shape index (κ1) is 19.9. The Morgan fingerprint density at radius 2 is 2.10 bits per heavy atom. The molecular weight excluding hydrogens is 389 g/mol. The van der Waals surface area contributed by atoms with Gasteiger partial charge in [-0.15, -0.1) is 0 Å². The van der Waals surface area contributed by atoms with Crippen molar-refractivity contribution in [3.05, 3.63) is 35.3 Å². The Balaban J connectivity index is 1.45. The number of halogens is 1. The van der Waals surface area contributed by atoms with E-state index >= 15 is 0 Å². The molecule has 0 spiro atoms. The molecule has 0 amide bonds. The van der Waals surface area contributed by atoms with Crippen LogP contribution in [0.4, 0.5) is 15.9 Å². The van der Waals surface area contributed by atoms with Crippen LogP contribution in [-0.2, 0) is 6.54 Å². The zero-order valence-electron chi connectivity index (χ0n) is 17.2.